The Morgan fingerprint density at radius 1 is 1.64 bits per heavy atom. The van der Waals surface area contributed by atoms with Crippen LogP contribution in [0.25, 0.3) is 0 Å². The van der Waals surface area contributed by atoms with E-state index in [4.69, 9.17) is 22.4 Å². The lowest BCUT2D eigenvalue weighted by Crippen LogP contribution is -2.31. The Kier molecular flexibility index (Phi) is 2.52. The summed E-state index contributed by atoms with van der Waals surface area (Å²) >= 11 is 5.75. The van der Waals surface area contributed by atoms with Crippen LogP contribution in [0.3, 0.4) is 0 Å². The normalized spacial score (nSPS) is 20.5. The van der Waals surface area contributed by atoms with E-state index in [1.165, 1.54) is 0 Å². The van der Waals surface area contributed by atoms with Crippen molar-refractivity contribution in [3.63, 3.8) is 0 Å². The summed E-state index contributed by atoms with van der Waals surface area (Å²) in [4.78, 5) is 10.4. The van der Waals surface area contributed by atoms with Gasteiger partial charge in [0.15, 0.2) is 0 Å². The Bertz CT molecular complexity index is 212. The second-order valence-corrected chi connectivity index (χ2v) is 3.06. The Balaban J connectivity index is 2.73. The zero-order valence-corrected chi connectivity index (χ0v) is 6.77. The minimum absolute atomic E-state index is 0.639. The van der Waals surface area contributed by atoms with Gasteiger partial charge in [0.25, 0.3) is 0 Å². The molecule has 1 atom stereocenters. The molecule has 0 radical (unpaired) electrons. The van der Waals surface area contributed by atoms with E-state index < -0.39 is 12.0 Å². The largest absolute Gasteiger partial charge is 0.480 e. The molecule has 1 rings (SSSR count). The number of aliphatic carboxylic acids is 1. The van der Waals surface area contributed by atoms with E-state index in [-0.39, 0.29) is 0 Å². The van der Waals surface area contributed by atoms with Crippen molar-refractivity contribution < 1.29 is 9.90 Å². The maximum Gasteiger partial charge on any atom is 0.324 e. The van der Waals surface area contributed by atoms with Crippen LogP contribution in [0.15, 0.2) is 10.6 Å². The van der Waals surface area contributed by atoms with E-state index >= 15 is 0 Å². The van der Waals surface area contributed by atoms with E-state index in [9.17, 15) is 4.79 Å². The average molecular weight is 176 g/mol. The van der Waals surface area contributed by atoms with Gasteiger partial charge in [-0.05, 0) is 24.8 Å². The molecule has 0 aromatic rings. The number of hydrogen-bond donors (Lipinski definition) is 2. The third-order valence-corrected chi connectivity index (χ3v) is 2.26. The predicted octanol–water partition coefficient (Wildman–Crippen LogP) is 1.08. The molecule has 1 aliphatic rings. The van der Waals surface area contributed by atoms with Crippen molar-refractivity contribution in [3.05, 3.63) is 10.6 Å². The van der Waals surface area contributed by atoms with Crippen LogP contribution >= 0.6 is 11.6 Å². The van der Waals surface area contributed by atoms with Gasteiger partial charge in [-0.2, -0.15) is 0 Å². The van der Waals surface area contributed by atoms with Crippen LogP contribution in [0.1, 0.15) is 19.3 Å². The second-order valence-electron chi connectivity index (χ2n) is 2.60. The number of allylic oxidation sites excluding steroid dienone is 1. The summed E-state index contributed by atoms with van der Waals surface area (Å²) in [6.07, 6.45) is 2.43. The SMILES string of the molecule is NC(C(=O)O)C1=C(Cl)CCC1. The zero-order valence-electron chi connectivity index (χ0n) is 6.01. The van der Waals surface area contributed by atoms with Crippen LogP contribution in [0.4, 0.5) is 0 Å². The fraction of sp³-hybridized carbons (Fsp3) is 0.571. The monoisotopic (exact) mass is 175 g/mol. The number of halogens is 1. The molecule has 3 nitrogen and oxygen atoms in total. The Morgan fingerprint density at radius 3 is 2.64 bits per heavy atom. The zero-order chi connectivity index (χ0) is 8.43. The van der Waals surface area contributed by atoms with E-state index in [0.717, 1.165) is 19.3 Å². The summed E-state index contributed by atoms with van der Waals surface area (Å²) < 4.78 is 0. The van der Waals surface area contributed by atoms with Crippen molar-refractivity contribution in [1.29, 1.82) is 0 Å². The van der Waals surface area contributed by atoms with Crippen molar-refractivity contribution in [2.45, 2.75) is 25.3 Å². The van der Waals surface area contributed by atoms with E-state index in [2.05, 4.69) is 0 Å². The number of nitrogens with two attached hydrogens (primary N) is 1. The molecule has 0 saturated heterocycles. The minimum atomic E-state index is -1.000. The molecule has 0 aromatic heterocycles. The molecule has 1 aliphatic carbocycles. The van der Waals surface area contributed by atoms with Gasteiger partial charge in [-0.25, -0.2) is 0 Å². The standard InChI is InChI=1S/C7H10ClNO2/c8-5-3-1-2-4(5)6(9)7(10)11/h6H,1-3,9H2,(H,10,11). The predicted molar refractivity (Wildman–Crippen MR) is 42.3 cm³/mol. The van der Waals surface area contributed by atoms with Gasteiger partial charge in [0.1, 0.15) is 6.04 Å². The molecule has 3 N–H and O–H groups in total. The topological polar surface area (TPSA) is 63.3 Å². The molecule has 0 bridgehead atoms. The summed E-state index contributed by atoms with van der Waals surface area (Å²) in [6.45, 7) is 0. The number of carboxylic acid groups (broad SMARTS) is 1. The maximum atomic E-state index is 10.4. The Hall–Kier alpha value is -0.540. The molecule has 0 amide bonds. The van der Waals surface area contributed by atoms with Crippen LogP contribution in [0.2, 0.25) is 0 Å². The molecule has 1 unspecified atom stereocenters. The van der Waals surface area contributed by atoms with Crippen molar-refractivity contribution in [2.75, 3.05) is 0 Å². The molecule has 0 aliphatic heterocycles. The van der Waals surface area contributed by atoms with Crippen molar-refractivity contribution in [1.82, 2.24) is 0 Å². The first kappa shape index (κ1) is 8.56. The van der Waals surface area contributed by atoms with Crippen LogP contribution in [-0.4, -0.2) is 17.1 Å². The summed E-state index contributed by atoms with van der Waals surface area (Å²) in [6, 6.07) is -0.898. The smallest absolute Gasteiger partial charge is 0.324 e. The van der Waals surface area contributed by atoms with E-state index in [0.29, 0.717) is 10.6 Å². The summed E-state index contributed by atoms with van der Waals surface area (Å²) in [5.41, 5.74) is 6.06. The quantitative estimate of drug-likeness (QED) is 0.660. The van der Waals surface area contributed by atoms with Gasteiger partial charge in [0.05, 0.1) is 0 Å². The van der Waals surface area contributed by atoms with Crippen molar-refractivity contribution in [3.8, 4) is 0 Å². The molecule has 0 aromatic carbocycles. The molecule has 0 saturated carbocycles. The Morgan fingerprint density at radius 2 is 2.27 bits per heavy atom. The van der Waals surface area contributed by atoms with Gasteiger partial charge in [0.2, 0.25) is 0 Å². The number of carbonyl (C=O) groups is 1. The highest BCUT2D eigenvalue weighted by Gasteiger charge is 2.23. The molecule has 62 valence electrons. The van der Waals surface area contributed by atoms with E-state index in [1.54, 1.807) is 0 Å². The molecule has 0 heterocycles. The number of hydrogen-bond acceptors (Lipinski definition) is 2. The lowest BCUT2D eigenvalue weighted by atomic mass is 10.1. The van der Waals surface area contributed by atoms with Crippen LogP contribution < -0.4 is 5.73 Å². The van der Waals surface area contributed by atoms with Crippen molar-refractivity contribution in [2.24, 2.45) is 5.73 Å². The summed E-state index contributed by atoms with van der Waals surface area (Å²) in [5.74, 6) is -1.000. The summed E-state index contributed by atoms with van der Waals surface area (Å²) in [5, 5.41) is 9.18. The van der Waals surface area contributed by atoms with Gasteiger partial charge in [-0.1, -0.05) is 11.6 Å². The third-order valence-electron chi connectivity index (χ3n) is 1.83. The highest BCUT2D eigenvalue weighted by atomic mass is 35.5. The fourth-order valence-electron chi connectivity index (χ4n) is 1.20. The fourth-order valence-corrected chi connectivity index (χ4v) is 1.55. The van der Waals surface area contributed by atoms with Crippen LogP contribution in [0, 0.1) is 0 Å². The van der Waals surface area contributed by atoms with Gasteiger partial charge in [0, 0.05) is 5.03 Å². The molecule has 11 heavy (non-hydrogen) atoms. The van der Waals surface area contributed by atoms with Gasteiger partial charge >= 0.3 is 5.97 Å². The highest BCUT2D eigenvalue weighted by Crippen LogP contribution is 2.30. The average Bonchev–Trinajstić information content (AvgIpc) is 2.33. The van der Waals surface area contributed by atoms with Gasteiger partial charge < -0.3 is 10.8 Å². The Labute approximate surface area is 69.8 Å². The third kappa shape index (κ3) is 1.73. The molecule has 0 spiro atoms. The maximum absolute atomic E-state index is 10.4. The molecular formula is C7H10ClNO2. The first-order valence-electron chi connectivity index (χ1n) is 3.48. The molecular weight excluding hydrogens is 166 g/mol. The van der Waals surface area contributed by atoms with Gasteiger partial charge in [-0.3, -0.25) is 4.79 Å². The second kappa shape index (κ2) is 3.24. The first-order chi connectivity index (χ1) is 5.13. The minimum Gasteiger partial charge on any atom is -0.480 e. The number of rotatable bonds is 2. The first-order valence-corrected chi connectivity index (χ1v) is 3.86. The van der Waals surface area contributed by atoms with E-state index in [1.807, 2.05) is 0 Å². The highest BCUT2D eigenvalue weighted by molar-refractivity contribution is 6.30. The van der Waals surface area contributed by atoms with Crippen LogP contribution in [0.5, 0.6) is 0 Å². The lowest BCUT2D eigenvalue weighted by molar-refractivity contribution is -0.137. The summed E-state index contributed by atoms with van der Waals surface area (Å²) in [7, 11) is 0. The van der Waals surface area contributed by atoms with Gasteiger partial charge in [-0.15, -0.1) is 0 Å². The molecule has 4 heteroatoms. The van der Waals surface area contributed by atoms with Crippen molar-refractivity contribution >= 4 is 17.6 Å². The van der Waals surface area contributed by atoms with Crippen LogP contribution in [-0.2, 0) is 4.79 Å². The molecule has 0 fully saturated rings. The number of carboxylic acids is 1. The lowest BCUT2D eigenvalue weighted by Gasteiger charge is -2.07.